The smallest absolute Gasteiger partial charge is 0.260 e. The molecule has 0 bridgehead atoms. The number of aromatic nitrogens is 1. The zero-order valence-electron chi connectivity index (χ0n) is 18.0. The molecule has 1 aliphatic heterocycles. The van der Waals surface area contributed by atoms with Crippen molar-refractivity contribution in [2.45, 2.75) is 32.1 Å². The van der Waals surface area contributed by atoms with Crippen molar-refractivity contribution >= 4 is 22.6 Å². The van der Waals surface area contributed by atoms with Crippen LogP contribution in [-0.2, 0) is 4.79 Å². The summed E-state index contributed by atoms with van der Waals surface area (Å²) in [5.41, 5.74) is 3.06. The van der Waals surface area contributed by atoms with Crippen LogP contribution >= 0.6 is 0 Å². The van der Waals surface area contributed by atoms with Crippen LogP contribution in [0.2, 0.25) is 0 Å². The Bertz CT molecular complexity index is 1060. The summed E-state index contributed by atoms with van der Waals surface area (Å²) >= 11 is 0. The van der Waals surface area contributed by atoms with Crippen molar-refractivity contribution in [3.8, 4) is 11.5 Å². The number of hydrogen-bond acceptors (Lipinski definition) is 4. The highest BCUT2D eigenvalue weighted by atomic mass is 16.5. The number of Topliss-reactive ketones (excluding diaryl/α,β-unsaturated/α-hetero) is 1. The molecular formula is C25H28N2O4. The van der Waals surface area contributed by atoms with E-state index in [1.807, 2.05) is 24.0 Å². The lowest BCUT2D eigenvalue weighted by Crippen LogP contribution is -2.40. The van der Waals surface area contributed by atoms with E-state index in [4.69, 9.17) is 9.47 Å². The van der Waals surface area contributed by atoms with Gasteiger partial charge in [-0.1, -0.05) is 6.92 Å². The summed E-state index contributed by atoms with van der Waals surface area (Å²) in [7, 11) is 1.68. The fourth-order valence-electron chi connectivity index (χ4n) is 4.20. The molecule has 0 unspecified atom stereocenters. The van der Waals surface area contributed by atoms with E-state index in [-0.39, 0.29) is 18.3 Å². The van der Waals surface area contributed by atoms with Gasteiger partial charge in [0.2, 0.25) is 0 Å². The zero-order chi connectivity index (χ0) is 21.8. The van der Waals surface area contributed by atoms with Crippen LogP contribution in [0.3, 0.4) is 0 Å². The molecule has 1 aliphatic rings. The lowest BCUT2D eigenvalue weighted by atomic mass is 9.89. The Morgan fingerprint density at radius 1 is 1.06 bits per heavy atom. The molecule has 0 atom stereocenters. The van der Waals surface area contributed by atoms with Crippen molar-refractivity contribution in [3.63, 3.8) is 0 Å². The quantitative estimate of drug-likeness (QED) is 0.569. The first-order valence-electron chi connectivity index (χ1n) is 10.8. The Morgan fingerprint density at radius 2 is 1.77 bits per heavy atom. The molecule has 2 aromatic carbocycles. The normalized spacial score (nSPS) is 14.6. The van der Waals surface area contributed by atoms with E-state index in [1.54, 1.807) is 31.4 Å². The number of nitrogens with one attached hydrogen (secondary N) is 1. The van der Waals surface area contributed by atoms with Gasteiger partial charge >= 0.3 is 0 Å². The molecule has 3 aromatic rings. The molecule has 0 spiro atoms. The predicted molar refractivity (Wildman–Crippen MR) is 120 cm³/mol. The highest BCUT2D eigenvalue weighted by Gasteiger charge is 2.25. The number of piperidine rings is 1. The van der Waals surface area contributed by atoms with E-state index in [0.717, 1.165) is 24.1 Å². The Morgan fingerprint density at radius 3 is 2.45 bits per heavy atom. The Labute approximate surface area is 182 Å². The van der Waals surface area contributed by atoms with Crippen molar-refractivity contribution in [2.75, 3.05) is 26.8 Å². The third-order valence-corrected chi connectivity index (χ3v) is 6.07. The predicted octanol–water partition coefficient (Wildman–Crippen LogP) is 4.55. The van der Waals surface area contributed by atoms with Gasteiger partial charge in [0.25, 0.3) is 5.91 Å². The van der Waals surface area contributed by atoms with Gasteiger partial charge in [0.05, 0.1) is 7.11 Å². The van der Waals surface area contributed by atoms with Crippen LogP contribution in [-0.4, -0.2) is 48.4 Å². The molecule has 6 heteroatoms. The maximum Gasteiger partial charge on any atom is 0.260 e. The van der Waals surface area contributed by atoms with Crippen LogP contribution < -0.4 is 9.47 Å². The standard InChI is InChI=1S/C25H28N2O4/c1-3-24(28)18-4-6-19(7-5-18)31-16-25(29)27-12-10-17(11-13-27)22-15-26-23-9-8-20(30-2)14-21(22)23/h4-9,14-15,17,26H,3,10-13,16H2,1-2H3. The highest BCUT2D eigenvalue weighted by molar-refractivity contribution is 5.95. The van der Waals surface area contributed by atoms with Crippen LogP contribution in [0.15, 0.2) is 48.7 Å². The first-order valence-corrected chi connectivity index (χ1v) is 10.8. The van der Waals surface area contributed by atoms with Gasteiger partial charge < -0.3 is 19.4 Å². The highest BCUT2D eigenvalue weighted by Crippen LogP contribution is 2.34. The maximum atomic E-state index is 12.6. The number of likely N-dealkylation sites (tertiary alicyclic amines) is 1. The van der Waals surface area contributed by atoms with Gasteiger partial charge in [0, 0.05) is 42.2 Å². The van der Waals surface area contributed by atoms with E-state index in [0.29, 0.717) is 36.7 Å². The monoisotopic (exact) mass is 420 g/mol. The van der Waals surface area contributed by atoms with E-state index in [2.05, 4.69) is 17.2 Å². The summed E-state index contributed by atoms with van der Waals surface area (Å²) in [6.45, 7) is 3.28. The maximum absolute atomic E-state index is 12.6. The fraction of sp³-hybridized carbons (Fsp3) is 0.360. The van der Waals surface area contributed by atoms with E-state index >= 15 is 0 Å². The van der Waals surface area contributed by atoms with Gasteiger partial charge in [0.15, 0.2) is 12.4 Å². The first-order chi connectivity index (χ1) is 15.1. The molecule has 0 aliphatic carbocycles. The molecule has 6 nitrogen and oxygen atoms in total. The molecular weight excluding hydrogens is 392 g/mol. The number of hydrogen-bond donors (Lipinski definition) is 1. The first kappa shape index (κ1) is 21.0. The minimum atomic E-state index is -0.00671. The van der Waals surface area contributed by atoms with Gasteiger partial charge in [-0.25, -0.2) is 0 Å². The van der Waals surface area contributed by atoms with Crippen molar-refractivity contribution in [1.82, 2.24) is 9.88 Å². The molecule has 31 heavy (non-hydrogen) atoms. The minimum absolute atomic E-state index is 0.00671. The van der Waals surface area contributed by atoms with Crippen molar-refractivity contribution < 1.29 is 19.1 Å². The molecule has 162 valence electrons. The van der Waals surface area contributed by atoms with Gasteiger partial charge in [-0.3, -0.25) is 9.59 Å². The fourth-order valence-corrected chi connectivity index (χ4v) is 4.20. The Kier molecular flexibility index (Phi) is 6.26. The topological polar surface area (TPSA) is 71.6 Å². The number of amides is 1. The van der Waals surface area contributed by atoms with Gasteiger partial charge in [-0.05, 0) is 66.8 Å². The summed E-state index contributed by atoms with van der Waals surface area (Å²) in [5, 5.41) is 1.19. The number of fused-ring (bicyclic) bond motifs is 1. The second-order valence-corrected chi connectivity index (χ2v) is 7.90. The second-order valence-electron chi connectivity index (χ2n) is 7.90. The number of methoxy groups -OCH3 is 1. The number of ether oxygens (including phenoxy) is 2. The van der Waals surface area contributed by atoms with Gasteiger partial charge in [0.1, 0.15) is 11.5 Å². The van der Waals surface area contributed by atoms with E-state index in [1.165, 1.54) is 10.9 Å². The molecule has 4 rings (SSSR count). The molecule has 1 N–H and O–H groups in total. The molecule has 1 saturated heterocycles. The Hall–Kier alpha value is -3.28. The molecule has 0 radical (unpaired) electrons. The van der Waals surface area contributed by atoms with Crippen molar-refractivity contribution in [3.05, 3.63) is 59.8 Å². The van der Waals surface area contributed by atoms with Crippen LogP contribution in [0.25, 0.3) is 10.9 Å². The van der Waals surface area contributed by atoms with E-state index in [9.17, 15) is 9.59 Å². The number of nitrogens with zero attached hydrogens (tertiary/aromatic N) is 1. The van der Waals surface area contributed by atoms with E-state index < -0.39 is 0 Å². The number of rotatable bonds is 7. The van der Waals surface area contributed by atoms with Gasteiger partial charge in [-0.15, -0.1) is 0 Å². The van der Waals surface area contributed by atoms with Crippen LogP contribution in [0, 0.1) is 0 Å². The number of benzene rings is 2. The number of H-pyrrole nitrogens is 1. The molecule has 0 saturated carbocycles. The molecule has 1 aromatic heterocycles. The van der Waals surface area contributed by atoms with Crippen LogP contribution in [0.1, 0.15) is 48.0 Å². The second kappa shape index (κ2) is 9.25. The average Bonchev–Trinajstić information content (AvgIpc) is 3.25. The molecule has 1 amide bonds. The van der Waals surface area contributed by atoms with Crippen LogP contribution in [0.4, 0.5) is 0 Å². The Balaban J connectivity index is 1.31. The summed E-state index contributed by atoms with van der Waals surface area (Å²) in [6.07, 6.45) is 4.40. The third-order valence-electron chi connectivity index (χ3n) is 6.07. The number of aromatic amines is 1. The lowest BCUT2D eigenvalue weighted by molar-refractivity contribution is -0.134. The zero-order valence-corrected chi connectivity index (χ0v) is 18.0. The molecule has 1 fully saturated rings. The summed E-state index contributed by atoms with van der Waals surface area (Å²) < 4.78 is 11.0. The summed E-state index contributed by atoms with van der Waals surface area (Å²) in [5.74, 6) is 1.95. The number of carbonyl (C=O) groups excluding carboxylic acids is 2. The number of carbonyl (C=O) groups is 2. The molecule has 2 heterocycles. The average molecular weight is 421 g/mol. The van der Waals surface area contributed by atoms with Crippen LogP contribution in [0.5, 0.6) is 11.5 Å². The largest absolute Gasteiger partial charge is 0.497 e. The van der Waals surface area contributed by atoms with Crippen molar-refractivity contribution in [2.24, 2.45) is 0 Å². The SMILES string of the molecule is CCC(=O)c1ccc(OCC(=O)N2CCC(c3c[nH]c4ccc(OC)cc34)CC2)cc1. The van der Waals surface area contributed by atoms with Crippen molar-refractivity contribution in [1.29, 1.82) is 0 Å². The minimum Gasteiger partial charge on any atom is -0.497 e. The summed E-state index contributed by atoms with van der Waals surface area (Å²) in [6, 6.07) is 13.0. The summed E-state index contributed by atoms with van der Waals surface area (Å²) in [4.78, 5) is 29.5. The van der Waals surface area contributed by atoms with Gasteiger partial charge in [-0.2, -0.15) is 0 Å². The third kappa shape index (κ3) is 4.58. The number of ketones is 1. The lowest BCUT2D eigenvalue weighted by Gasteiger charge is -2.32.